The predicted molar refractivity (Wildman–Crippen MR) is 125 cm³/mol. The van der Waals surface area contributed by atoms with Crippen molar-refractivity contribution in [1.82, 2.24) is 19.4 Å². The second-order valence-electron chi connectivity index (χ2n) is 8.58. The van der Waals surface area contributed by atoms with Gasteiger partial charge in [0.05, 0.1) is 12.2 Å². The van der Waals surface area contributed by atoms with Gasteiger partial charge in [-0.1, -0.05) is 49.4 Å². The third-order valence-corrected chi connectivity index (χ3v) is 6.07. The van der Waals surface area contributed by atoms with E-state index in [1.54, 1.807) is 34.1 Å². The van der Waals surface area contributed by atoms with E-state index >= 15 is 0 Å². The highest BCUT2D eigenvalue weighted by Gasteiger charge is 2.32. The van der Waals surface area contributed by atoms with E-state index in [1.807, 2.05) is 49.2 Å². The molecule has 2 amide bonds. The second kappa shape index (κ2) is 9.98. The Balaban J connectivity index is 1.54. The Kier molecular flexibility index (Phi) is 6.87. The zero-order valence-corrected chi connectivity index (χ0v) is 19.1. The van der Waals surface area contributed by atoms with Gasteiger partial charge in [-0.2, -0.15) is 0 Å². The number of aryl methyl sites for hydroxylation is 1. The summed E-state index contributed by atoms with van der Waals surface area (Å²) in [6.07, 6.45) is 4.69. The Labute approximate surface area is 193 Å². The van der Waals surface area contributed by atoms with Crippen molar-refractivity contribution in [2.24, 2.45) is 13.0 Å². The number of benzene rings is 2. The molecule has 0 radical (unpaired) electrons. The Morgan fingerprint density at radius 1 is 1.12 bits per heavy atom. The van der Waals surface area contributed by atoms with Gasteiger partial charge in [0, 0.05) is 45.0 Å². The highest BCUT2D eigenvalue weighted by atomic mass is 19.1. The van der Waals surface area contributed by atoms with E-state index in [0.29, 0.717) is 43.9 Å². The van der Waals surface area contributed by atoms with Crippen molar-refractivity contribution in [2.45, 2.75) is 19.8 Å². The van der Waals surface area contributed by atoms with Crippen molar-refractivity contribution in [3.63, 3.8) is 0 Å². The number of halogens is 1. The van der Waals surface area contributed by atoms with E-state index in [-0.39, 0.29) is 23.5 Å². The van der Waals surface area contributed by atoms with Gasteiger partial charge in [-0.05, 0) is 30.0 Å². The molecule has 1 fully saturated rings. The lowest BCUT2D eigenvalue weighted by Crippen LogP contribution is -2.38. The largest absolute Gasteiger partial charge is 0.341 e. The lowest BCUT2D eigenvalue weighted by molar-refractivity contribution is -0.134. The summed E-state index contributed by atoms with van der Waals surface area (Å²) < 4.78 is 15.9. The zero-order valence-electron chi connectivity index (χ0n) is 19.1. The van der Waals surface area contributed by atoms with Crippen LogP contribution in [0.5, 0.6) is 0 Å². The molecule has 1 aromatic heterocycles. The molecule has 33 heavy (non-hydrogen) atoms. The third kappa shape index (κ3) is 5.13. The summed E-state index contributed by atoms with van der Waals surface area (Å²) in [5.74, 6) is -0.679. The molecular formula is C26H29FN4O2. The van der Waals surface area contributed by atoms with E-state index in [0.717, 1.165) is 17.5 Å². The summed E-state index contributed by atoms with van der Waals surface area (Å²) in [5.41, 5.74) is 2.72. The van der Waals surface area contributed by atoms with E-state index in [1.165, 1.54) is 6.07 Å². The quantitative estimate of drug-likeness (QED) is 0.577. The molecule has 0 saturated carbocycles. The van der Waals surface area contributed by atoms with Crippen LogP contribution in [0, 0.1) is 11.7 Å². The summed E-state index contributed by atoms with van der Waals surface area (Å²) in [6.45, 7) is 4.08. The number of aromatic nitrogens is 2. The number of amides is 2. The van der Waals surface area contributed by atoms with Crippen LogP contribution in [-0.2, 0) is 18.3 Å². The average Bonchev–Trinajstić information content (AvgIpc) is 3.20. The normalized spacial score (nSPS) is 16.7. The first-order chi connectivity index (χ1) is 16.0. The molecule has 0 unspecified atom stereocenters. The fourth-order valence-corrected chi connectivity index (χ4v) is 4.36. The SMILES string of the molecule is CCCN1CCN(C(=O)c2cn(C)cn2)C[C@H](Cc2ccc(-c3ccccc3F)cc2)C1=O. The van der Waals surface area contributed by atoms with Gasteiger partial charge in [-0.15, -0.1) is 0 Å². The van der Waals surface area contributed by atoms with Crippen LogP contribution in [0.3, 0.4) is 0 Å². The van der Waals surface area contributed by atoms with Crippen LogP contribution in [0.15, 0.2) is 61.1 Å². The summed E-state index contributed by atoms with van der Waals surface area (Å²) in [4.78, 5) is 34.2. The Morgan fingerprint density at radius 3 is 2.55 bits per heavy atom. The molecule has 3 aromatic rings. The number of nitrogens with zero attached hydrogens (tertiary/aromatic N) is 4. The van der Waals surface area contributed by atoms with Crippen LogP contribution >= 0.6 is 0 Å². The molecule has 6 nitrogen and oxygen atoms in total. The lowest BCUT2D eigenvalue weighted by Gasteiger charge is -2.23. The smallest absolute Gasteiger partial charge is 0.274 e. The van der Waals surface area contributed by atoms with Crippen molar-refractivity contribution in [2.75, 3.05) is 26.2 Å². The summed E-state index contributed by atoms with van der Waals surface area (Å²) in [6, 6.07) is 14.3. The summed E-state index contributed by atoms with van der Waals surface area (Å²) in [5, 5.41) is 0. The van der Waals surface area contributed by atoms with Crippen molar-refractivity contribution in [3.8, 4) is 11.1 Å². The minimum atomic E-state index is -0.342. The fraction of sp³-hybridized carbons (Fsp3) is 0.346. The maximum absolute atomic E-state index is 14.1. The van der Waals surface area contributed by atoms with Gasteiger partial charge in [0.1, 0.15) is 11.5 Å². The Morgan fingerprint density at radius 2 is 1.88 bits per heavy atom. The monoisotopic (exact) mass is 448 g/mol. The summed E-state index contributed by atoms with van der Waals surface area (Å²) in [7, 11) is 1.83. The first kappa shape index (κ1) is 22.7. The van der Waals surface area contributed by atoms with E-state index in [2.05, 4.69) is 4.98 Å². The first-order valence-corrected chi connectivity index (χ1v) is 11.4. The standard InChI is InChI=1S/C26H29FN4O2/c1-3-12-30-13-14-31(26(33)24-17-29(2)18-28-24)16-21(25(30)32)15-19-8-10-20(11-9-19)22-6-4-5-7-23(22)27/h4-11,17-18,21H,3,12-16H2,1-2H3/t21-/m0/s1. The van der Waals surface area contributed by atoms with E-state index < -0.39 is 0 Å². The molecule has 1 saturated heterocycles. The maximum atomic E-state index is 14.1. The van der Waals surface area contributed by atoms with Gasteiger partial charge in [0.25, 0.3) is 5.91 Å². The molecular weight excluding hydrogens is 419 g/mol. The minimum Gasteiger partial charge on any atom is -0.341 e. The fourth-order valence-electron chi connectivity index (χ4n) is 4.36. The number of imidazole rings is 1. The molecule has 2 heterocycles. The average molecular weight is 449 g/mol. The minimum absolute atomic E-state index is 0.0753. The summed E-state index contributed by atoms with van der Waals surface area (Å²) >= 11 is 0. The van der Waals surface area contributed by atoms with Crippen molar-refractivity contribution in [1.29, 1.82) is 0 Å². The van der Waals surface area contributed by atoms with E-state index in [9.17, 15) is 14.0 Å². The van der Waals surface area contributed by atoms with Gasteiger partial charge >= 0.3 is 0 Å². The van der Waals surface area contributed by atoms with Crippen LogP contribution in [0.4, 0.5) is 4.39 Å². The third-order valence-electron chi connectivity index (χ3n) is 6.07. The van der Waals surface area contributed by atoms with Gasteiger partial charge < -0.3 is 14.4 Å². The molecule has 2 aromatic carbocycles. The molecule has 0 aliphatic carbocycles. The molecule has 0 bridgehead atoms. The molecule has 0 N–H and O–H groups in total. The topological polar surface area (TPSA) is 58.4 Å². The molecule has 7 heteroatoms. The molecule has 172 valence electrons. The molecule has 0 spiro atoms. The van der Waals surface area contributed by atoms with E-state index in [4.69, 9.17) is 0 Å². The molecule has 1 aliphatic heterocycles. The van der Waals surface area contributed by atoms with Gasteiger partial charge in [0.15, 0.2) is 0 Å². The highest BCUT2D eigenvalue weighted by molar-refractivity contribution is 5.93. The van der Waals surface area contributed by atoms with Crippen molar-refractivity contribution >= 4 is 11.8 Å². The lowest BCUT2D eigenvalue weighted by atomic mass is 9.95. The molecule has 1 aliphatic rings. The number of rotatable bonds is 6. The van der Waals surface area contributed by atoms with Crippen molar-refractivity contribution < 1.29 is 14.0 Å². The predicted octanol–water partition coefficient (Wildman–Crippen LogP) is 3.78. The molecule has 4 rings (SSSR count). The van der Waals surface area contributed by atoms with Crippen LogP contribution in [0.1, 0.15) is 29.4 Å². The van der Waals surface area contributed by atoms with Gasteiger partial charge in [0.2, 0.25) is 5.91 Å². The van der Waals surface area contributed by atoms with Crippen LogP contribution in [-0.4, -0.2) is 57.3 Å². The van der Waals surface area contributed by atoms with Gasteiger partial charge in [-0.3, -0.25) is 9.59 Å². The first-order valence-electron chi connectivity index (χ1n) is 11.4. The second-order valence-corrected chi connectivity index (χ2v) is 8.58. The highest BCUT2D eigenvalue weighted by Crippen LogP contribution is 2.25. The van der Waals surface area contributed by atoms with Crippen molar-refractivity contribution in [3.05, 3.63) is 78.1 Å². The van der Waals surface area contributed by atoms with Gasteiger partial charge in [-0.25, -0.2) is 9.37 Å². The zero-order chi connectivity index (χ0) is 23.4. The Hall–Kier alpha value is -3.48. The maximum Gasteiger partial charge on any atom is 0.274 e. The van der Waals surface area contributed by atoms with Crippen LogP contribution < -0.4 is 0 Å². The number of carbonyl (C=O) groups is 2. The van der Waals surface area contributed by atoms with Crippen LogP contribution in [0.25, 0.3) is 11.1 Å². The number of carbonyl (C=O) groups excluding carboxylic acids is 2. The molecule has 1 atom stereocenters. The van der Waals surface area contributed by atoms with Crippen LogP contribution in [0.2, 0.25) is 0 Å². The Bertz CT molecular complexity index is 1130. The number of hydrogen-bond donors (Lipinski definition) is 0. The number of hydrogen-bond acceptors (Lipinski definition) is 3.